The van der Waals surface area contributed by atoms with Crippen molar-refractivity contribution >= 4 is 39.2 Å². The van der Waals surface area contributed by atoms with Crippen LogP contribution in [-0.4, -0.2) is 41.8 Å². The van der Waals surface area contributed by atoms with E-state index in [1.165, 1.54) is 17.4 Å². The summed E-state index contributed by atoms with van der Waals surface area (Å²) in [6.07, 6.45) is -0.677. The molecule has 7 heteroatoms. The fraction of sp³-hybridized carbons (Fsp3) is 0.556. The van der Waals surface area contributed by atoms with Crippen LogP contribution >= 0.6 is 22.6 Å². The first-order chi connectivity index (χ1) is 11.8. The maximum absolute atomic E-state index is 12.9. The summed E-state index contributed by atoms with van der Waals surface area (Å²) < 4.78 is 40.7. The molecule has 1 spiro atoms. The minimum absolute atomic E-state index is 0.344. The highest BCUT2D eigenvalue weighted by molar-refractivity contribution is 14.1. The number of benzene rings is 1. The van der Waals surface area contributed by atoms with E-state index in [9.17, 15) is 13.2 Å². The number of hydrogen-bond donors (Lipinski definition) is 1. The van der Waals surface area contributed by atoms with Crippen molar-refractivity contribution in [1.82, 2.24) is 9.47 Å². The molecule has 2 aromatic rings. The summed E-state index contributed by atoms with van der Waals surface area (Å²) >= 11 is 1.99. The van der Waals surface area contributed by atoms with Crippen LogP contribution in [0.2, 0.25) is 0 Å². The third-order valence-electron chi connectivity index (χ3n) is 5.58. The topological polar surface area (TPSA) is 20.2 Å². The molecule has 1 N–H and O–H groups in total. The van der Waals surface area contributed by atoms with Gasteiger partial charge in [0.1, 0.15) is 6.54 Å². The summed E-state index contributed by atoms with van der Waals surface area (Å²) in [6.45, 7) is 1.21. The minimum atomic E-state index is -4.22. The quantitative estimate of drug-likeness (QED) is 0.666. The van der Waals surface area contributed by atoms with Gasteiger partial charge in [0.25, 0.3) is 0 Å². The second kappa shape index (κ2) is 6.04. The second-order valence-corrected chi connectivity index (χ2v) is 8.60. The van der Waals surface area contributed by atoms with Gasteiger partial charge in [-0.25, -0.2) is 0 Å². The number of nitrogens with zero attached hydrogens (tertiary/aromatic N) is 2. The summed E-state index contributed by atoms with van der Waals surface area (Å²) in [4.78, 5) is 2.38. The number of fused-ring (bicyclic) bond motifs is 1. The van der Waals surface area contributed by atoms with E-state index < -0.39 is 12.7 Å². The second-order valence-electron chi connectivity index (χ2n) is 7.49. The SMILES string of the molecule is CN1CC[C@@H](Nc2cccc3c2cc(I)n3CC(F)(F)F)C2(CC2)C1. The first-order valence-electron chi connectivity index (χ1n) is 8.57. The van der Waals surface area contributed by atoms with Crippen LogP contribution in [0.4, 0.5) is 18.9 Å². The van der Waals surface area contributed by atoms with E-state index in [4.69, 9.17) is 0 Å². The summed E-state index contributed by atoms with van der Waals surface area (Å²) in [6, 6.07) is 7.87. The number of anilines is 1. The largest absolute Gasteiger partial charge is 0.406 e. The number of alkyl halides is 3. The van der Waals surface area contributed by atoms with Gasteiger partial charge in [-0.2, -0.15) is 13.2 Å². The lowest BCUT2D eigenvalue weighted by atomic mass is 9.89. The molecule has 1 aliphatic heterocycles. The van der Waals surface area contributed by atoms with Crippen molar-refractivity contribution in [3.05, 3.63) is 28.0 Å². The van der Waals surface area contributed by atoms with Crippen molar-refractivity contribution in [2.24, 2.45) is 5.41 Å². The molecule has 1 saturated heterocycles. The number of halogens is 4. The molecule has 4 rings (SSSR count). The Labute approximate surface area is 158 Å². The Morgan fingerprint density at radius 1 is 1.32 bits per heavy atom. The smallest absolute Gasteiger partial charge is 0.381 e. The number of aromatic nitrogens is 1. The molecule has 2 aliphatic rings. The Balaban J connectivity index is 1.66. The van der Waals surface area contributed by atoms with Crippen LogP contribution in [0.5, 0.6) is 0 Å². The zero-order valence-corrected chi connectivity index (χ0v) is 16.2. The minimum Gasteiger partial charge on any atom is -0.381 e. The molecule has 2 fully saturated rings. The van der Waals surface area contributed by atoms with Gasteiger partial charge in [0.2, 0.25) is 0 Å². The highest BCUT2D eigenvalue weighted by Crippen LogP contribution is 2.53. The Kier molecular flexibility index (Phi) is 4.22. The van der Waals surface area contributed by atoms with Gasteiger partial charge in [-0.15, -0.1) is 0 Å². The molecule has 2 heterocycles. The van der Waals surface area contributed by atoms with Gasteiger partial charge >= 0.3 is 6.18 Å². The Morgan fingerprint density at radius 2 is 2.08 bits per heavy atom. The normalized spacial score (nSPS) is 23.3. The van der Waals surface area contributed by atoms with E-state index in [1.54, 1.807) is 6.07 Å². The molecular formula is C18H21F3IN3. The summed E-state index contributed by atoms with van der Waals surface area (Å²) in [5.41, 5.74) is 1.94. The van der Waals surface area contributed by atoms with Crippen molar-refractivity contribution in [1.29, 1.82) is 0 Å². The Morgan fingerprint density at radius 3 is 2.76 bits per heavy atom. The Hall–Kier alpha value is -0.960. The van der Waals surface area contributed by atoms with Crippen molar-refractivity contribution in [2.45, 2.75) is 38.0 Å². The van der Waals surface area contributed by atoms with E-state index in [0.29, 0.717) is 20.7 Å². The van der Waals surface area contributed by atoms with E-state index in [0.717, 1.165) is 30.6 Å². The molecule has 0 bridgehead atoms. The van der Waals surface area contributed by atoms with E-state index in [1.807, 2.05) is 40.8 Å². The number of likely N-dealkylation sites (tertiary alicyclic amines) is 1. The molecule has 1 atom stereocenters. The molecular weight excluding hydrogens is 442 g/mol. The van der Waals surface area contributed by atoms with Crippen molar-refractivity contribution in [2.75, 3.05) is 25.5 Å². The number of hydrogen-bond acceptors (Lipinski definition) is 2. The third kappa shape index (κ3) is 3.37. The molecule has 0 unspecified atom stereocenters. The lowest BCUT2D eigenvalue weighted by Crippen LogP contribution is -2.46. The molecule has 0 amide bonds. The molecule has 1 aromatic carbocycles. The highest BCUT2D eigenvalue weighted by Gasteiger charge is 2.51. The van der Waals surface area contributed by atoms with Gasteiger partial charge in [0.05, 0.1) is 9.22 Å². The van der Waals surface area contributed by atoms with Crippen molar-refractivity contribution in [3.63, 3.8) is 0 Å². The molecule has 0 radical (unpaired) electrons. The average Bonchev–Trinajstić information content (AvgIpc) is 3.21. The van der Waals surface area contributed by atoms with Crippen LogP contribution < -0.4 is 5.32 Å². The monoisotopic (exact) mass is 463 g/mol. The van der Waals surface area contributed by atoms with E-state index in [2.05, 4.69) is 17.3 Å². The fourth-order valence-electron chi connectivity index (χ4n) is 4.18. The van der Waals surface area contributed by atoms with Crippen LogP contribution in [0.1, 0.15) is 19.3 Å². The molecule has 25 heavy (non-hydrogen) atoms. The van der Waals surface area contributed by atoms with Crippen LogP contribution in [0.15, 0.2) is 24.3 Å². The maximum atomic E-state index is 12.9. The van der Waals surface area contributed by atoms with Crippen LogP contribution in [0, 0.1) is 9.12 Å². The summed E-state index contributed by atoms with van der Waals surface area (Å²) in [5.74, 6) is 0. The average molecular weight is 463 g/mol. The van der Waals surface area contributed by atoms with Gasteiger partial charge in [0.15, 0.2) is 0 Å². The van der Waals surface area contributed by atoms with Crippen LogP contribution in [-0.2, 0) is 6.54 Å². The first-order valence-corrected chi connectivity index (χ1v) is 9.65. The van der Waals surface area contributed by atoms with E-state index >= 15 is 0 Å². The molecule has 136 valence electrons. The summed E-state index contributed by atoms with van der Waals surface area (Å²) in [5, 5.41) is 4.56. The van der Waals surface area contributed by atoms with Gasteiger partial charge in [-0.05, 0) is 73.6 Å². The lowest BCUT2D eigenvalue weighted by Gasteiger charge is -2.38. The number of piperidine rings is 1. The maximum Gasteiger partial charge on any atom is 0.406 e. The zero-order chi connectivity index (χ0) is 17.8. The van der Waals surface area contributed by atoms with E-state index in [-0.39, 0.29) is 0 Å². The molecule has 1 aromatic heterocycles. The highest BCUT2D eigenvalue weighted by atomic mass is 127. The Bertz CT molecular complexity index is 795. The molecule has 1 aliphatic carbocycles. The molecule has 1 saturated carbocycles. The first kappa shape index (κ1) is 17.5. The fourth-order valence-corrected chi connectivity index (χ4v) is 4.92. The zero-order valence-electron chi connectivity index (χ0n) is 14.0. The van der Waals surface area contributed by atoms with Gasteiger partial charge in [-0.3, -0.25) is 0 Å². The van der Waals surface area contributed by atoms with Crippen LogP contribution in [0.25, 0.3) is 10.9 Å². The van der Waals surface area contributed by atoms with Gasteiger partial charge in [0, 0.05) is 29.1 Å². The number of nitrogens with one attached hydrogen (secondary N) is 1. The lowest BCUT2D eigenvalue weighted by molar-refractivity contribution is -0.140. The van der Waals surface area contributed by atoms with Crippen molar-refractivity contribution < 1.29 is 13.2 Å². The standard InChI is InChI=1S/C18H21F3IN3/c1-24-8-5-15(17(10-24)6-7-17)23-13-3-2-4-14-12(13)9-16(22)25(14)11-18(19,20)21/h2-4,9,15,23H,5-8,10-11H2,1H3/t15-/m1/s1. The summed E-state index contributed by atoms with van der Waals surface area (Å²) in [7, 11) is 2.16. The third-order valence-corrected chi connectivity index (χ3v) is 6.47. The number of rotatable bonds is 3. The van der Waals surface area contributed by atoms with Crippen molar-refractivity contribution in [3.8, 4) is 0 Å². The molecule has 3 nitrogen and oxygen atoms in total. The predicted molar refractivity (Wildman–Crippen MR) is 102 cm³/mol. The predicted octanol–water partition coefficient (Wildman–Crippen LogP) is 4.70. The van der Waals surface area contributed by atoms with Gasteiger partial charge in [-0.1, -0.05) is 6.07 Å². The van der Waals surface area contributed by atoms with Gasteiger partial charge < -0.3 is 14.8 Å². The van der Waals surface area contributed by atoms with Crippen LogP contribution in [0.3, 0.4) is 0 Å².